The summed E-state index contributed by atoms with van der Waals surface area (Å²) in [5.41, 5.74) is -4.64. The van der Waals surface area contributed by atoms with Gasteiger partial charge in [-0.05, 0) is 24.3 Å². The standard InChI is InChI=1S/C13H9F6NO/c14-12(15,16)11(13(17,18)19,10-7-4-8-21-10)20-9-5-2-1-3-6-9/h1-8,20H. The summed E-state index contributed by atoms with van der Waals surface area (Å²) in [5, 5.41) is 1.53. The third-order valence-corrected chi connectivity index (χ3v) is 2.85. The number of halogens is 6. The molecule has 0 aliphatic carbocycles. The van der Waals surface area contributed by atoms with Crippen molar-refractivity contribution in [1.82, 2.24) is 0 Å². The Labute approximate surface area is 115 Å². The number of hydrogen-bond donors (Lipinski definition) is 1. The van der Waals surface area contributed by atoms with Gasteiger partial charge in [0, 0.05) is 5.69 Å². The molecule has 0 radical (unpaired) electrons. The van der Waals surface area contributed by atoms with Crippen LogP contribution >= 0.6 is 0 Å². The van der Waals surface area contributed by atoms with Crippen molar-refractivity contribution in [3.8, 4) is 0 Å². The Morgan fingerprint density at radius 2 is 1.33 bits per heavy atom. The van der Waals surface area contributed by atoms with Crippen LogP contribution in [0.15, 0.2) is 53.1 Å². The Morgan fingerprint density at radius 1 is 0.762 bits per heavy atom. The highest BCUT2D eigenvalue weighted by molar-refractivity contribution is 5.48. The Bertz CT molecular complexity index is 559. The van der Waals surface area contributed by atoms with Crippen molar-refractivity contribution in [2.75, 3.05) is 5.32 Å². The van der Waals surface area contributed by atoms with Crippen LogP contribution in [0.4, 0.5) is 32.0 Å². The predicted octanol–water partition coefficient (Wildman–Crippen LogP) is 4.71. The fraction of sp³-hybridized carbons (Fsp3) is 0.231. The van der Waals surface area contributed by atoms with E-state index in [2.05, 4.69) is 4.42 Å². The molecule has 8 heteroatoms. The van der Waals surface area contributed by atoms with Crippen LogP contribution in [0, 0.1) is 0 Å². The zero-order chi connectivity index (χ0) is 15.7. The van der Waals surface area contributed by atoms with Crippen molar-refractivity contribution < 1.29 is 30.8 Å². The van der Waals surface area contributed by atoms with Gasteiger partial charge in [0.25, 0.3) is 5.54 Å². The molecule has 2 nitrogen and oxygen atoms in total. The number of benzene rings is 1. The van der Waals surface area contributed by atoms with Crippen molar-refractivity contribution >= 4 is 5.69 Å². The molecule has 1 aromatic heterocycles. The molecule has 1 heterocycles. The number of rotatable bonds is 3. The number of para-hydroxylation sites is 1. The van der Waals surface area contributed by atoms with Gasteiger partial charge in [-0.15, -0.1) is 0 Å². The van der Waals surface area contributed by atoms with E-state index in [9.17, 15) is 26.3 Å². The average molecular weight is 309 g/mol. The fourth-order valence-corrected chi connectivity index (χ4v) is 1.87. The van der Waals surface area contributed by atoms with E-state index in [0.29, 0.717) is 6.07 Å². The lowest BCUT2D eigenvalue weighted by Crippen LogP contribution is -2.59. The van der Waals surface area contributed by atoms with Crippen molar-refractivity contribution in [2.45, 2.75) is 17.9 Å². The normalized spacial score (nSPS) is 13.2. The molecule has 2 rings (SSSR count). The molecule has 0 fully saturated rings. The molecule has 0 bridgehead atoms. The molecule has 0 spiro atoms. The maximum atomic E-state index is 13.3. The third-order valence-electron chi connectivity index (χ3n) is 2.85. The van der Waals surface area contributed by atoms with Gasteiger partial charge in [-0.3, -0.25) is 0 Å². The molecule has 0 aliphatic rings. The van der Waals surface area contributed by atoms with E-state index in [-0.39, 0.29) is 5.69 Å². The minimum absolute atomic E-state index is 0.330. The zero-order valence-electron chi connectivity index (χ0n) is 10.3. The highest BCUT2D eigenvalue weighted by Crippen LogP contribution is 2.52. The lowest BCUT2D eigenvalue weighted by Gasteiger charge is -2.36. The van der Waals surface area contributed by atoms with Crippen LogP contribution in [0.1, 0.15) is 5.76 Å². The maximum Gasteiger partial charge on any atom is 0.427 e. The average Bonchev–Trinajstić information content (AvgIpc) is 2.88. The largest absolute Gasteiger partial charge is 0.466 e. The molecule has 2 aromatic rings. The Balaban J connectivity index is 2.63. The number of anilines is 1. The van der Waals surface area contributed by atoms with Crippen LogP contribution in [0.3, 0.4) is 0 Å². The van der Waals surface area contributed by atoms with Crippen LogP contribution in [0.2, 0.25) is 0 Å². The number of alkyl halides is 6. The van der Waals surface area contributed by atoms with Crippen LogP contribution in [0.5, 0.6) is 0 Å². The quantitative estimate of drug-likeness (QED) is 0.831. The summed E-state index contributed by atoms with van der Waals surface area (Å²) in [4.78, 5) is 0. The summed E-state index contributed by atoms with van der Waals surface area (Å²) in [6, 6.07) is 7.93. The van der Waals surface area contributed by atoms with Gasteiger partial charge in [-0.25, -0.2) is 0 Å². The van der Waals surface area contributed by atoms with Gasteiger partial charge in [0.1, 0.15) is 5.76 Å². The topological polar surface area (TPSA) is 25.2 Å². The first-order valence-corrected chi connectivity index (χ1v) is 5.69. The van der Waals surface area contributed by atoms with Crippen molar-refractivity contribution in [3.05, 3.63) is 54.5 Å². The molecule has 21 heavy (non-hydrogen) atoms. The van der Waals surface area contributed by atoms with E-state index < -0.39 is 23.7 Å². The second kappa shape index (κ2) is 5.01. The van der Waals surface area contributed by atoms with Gasteiger partial charge < -0.3 is 9.73 Å². The second-order valence-corrected chi connectivity index (χ2v) is 4.21. The van der Waals surface area contributed by atoms with E-state index in [1.807, 2.05) is 0 Å². The smallest absolute Gasteiger partial charge is 0.427 e. The molecule has 0 unspecified atom stereocenters. The van der Waals surface area contributed by atoms with E-state index in [0.717, 1.165) is 24.5 Å². The molecule has 0 amide bonds. The number of nitrogens with one attached hydrogen (secondary N) is 1. The Kier molecular flexibility index (Phi) is 3.65. The molecular formula is C13H9F6NO. The summed E-state index contributed by atoms with van der Waals surface area (Å²) < 4.78 is 84.1. The summed E-state index contributed by atoms with van der Waals surface area (Å²) in [6.45, 7) is 0. The van der Waals surface area contributed by atoms with Crippen molar-refractivity contribution in [1.29, 1.82) is 0 Å². The van der Waals surface area contributed by atoms with Crippen LogP contribution in [-0.4, -0.2) is 12.4 Å². The lowest BCUT2D eigenvalue weighted by molar-refractivity contribution is -0.297. The first-order chi connectivity index (χ1) is 9.68. The fourth-order valence-electron chi connectivity index (χ4n) is 1.87. The molecule has 1 aromatic carbocycles. The highest BCUT2D eigenvalue weighted by atomic mass is 19.4. The zero-order valence-corrected chi connectivity index (χ0v) is 10.3. The predicted molar refractivity (Wildman–Crippen MR) is 62.6 cm³/mol. The molecular weight excluding hydrogens is 300 g/mol. The second-order valence-electron chi connectivity index (χ2n) is 4.21. The van der Waals surface area contributed by atoms with Crippen LogP contribution in [0.25, 0.3) is 0 Å². The van der Waals surface area contributed by atoms with Gasteiger partial charge in [0.2, 0.25) is 0 Å². The molecule has 114 valence electrons. The van der Waals surface area contributed by atoms with Crippen molar-refractivity contribution in [3.63, 3.8) is 0 Å². The molecule has 0 aliphatic heterocycles. The number of hydrogen-bond acceptors (Lipinski definition) is 2. The highest BCUT2D eigenvalue weighted by Gasteiger charge is 2.74. The van der Waals surface area contributed by atoms with E-state index in [4.69, 9.17) is 0 Å². The summed E-state index contributed by atoms with van der Waals surface area (Å²) in [6.07, 6.45) is -10.5. The van der Waals surface area contributed by atoms with Gasteiger partial charge in [0.05, 0.1) is 6.26 Å². The van der Waals surface area contributed by atoms with Gasteiger partial charge in [0.15, 0.2) is 0 Å². The first kappa shape index (κ1) is 15.3. The Morgan fingerprint density at radius 3 is 1.76 bits per heavy atom. The molecule has 0 atom stereocenters. The summed E-state index contributed by atoms with van der Waals surface area (Å²) >= 11 is 0. The first-order valence-electron chi connectivity index (χ1n) is 5.69. The molecule has 0 saturated carbocycles. The minimum atomic E-state index is -5.65. The van der Waals surface area contributed by atoms with E-state index >= 15 is 0 Å². The van der Waals surface area contributed by atoms with Gasteiger partial charge in [-0.1, -0.05) is 18.2 Å². The third kappa shape index (κ3) is 2.57. The van der Waals surface area contributed by atoms with E-state index in [1.54, 1.807) is 0 Å². The van der Waals surface area contributed by atoms with Gasteiger partial charge in [-0.2, -0.15) is 26.3 Å². The summed E-state index contributed by atoms with van der Waals surface area (Å²) in [7, 11) is 0. The lowest BCUT2D eigenvalue weighted by atomic mass is 9.93. The van der Waals surface area contributed by atoms with Crippen LogP contribution in [-0.2, 0) is 5.54 Å². The Hall–Kier alpha value is -2.12. The SMILES string of the molecule is FC(F)(F)C(Nc1ccccc1)(c1ccco1)C(F)(F)F. The summed E-state index contributed by atoms with van der Waals surface area (Å²) in [5.74, 6) is -1.27. The molecule has 0 saturated heterocycles. The maximum absolute atomic E-state index is 13.3. The number of furan rings is 1. The van der Waals surface area contributed by atoms with Crippen LogP contribution < -0.4 is 5.32 Å². The van der Waals surface area contributed by atoms with E-state index in [1.165, 1.54) is 23.5 Å². The molecule has 1 N–H and O–H groups in total. The monoisotopic (exact) mass is 309 g/mol. The minimum Gasteiger partial charge on any atom is -0.466 e. The van der Waals surface area contributed by atoms with Gasteiger partial charge >= 0.3 is 12.4 Å². The van der Waals surface area contributed by atoms with Crippen molar-refractivity contribution in [2.24, 2.45) is 0 Å².